The van der Waals surface area contributed by atoms with Crippen LogP contribution in [0.25, 0.3) is 16.9 Å². The number of benzene rings is 1. The van der Waals surface area contributed by atoms with Gasteiger partial charge >= 0.3 is 0 Å². The number of nitrogens with zero attached hydrogens (tertiary/aromatic N) is 7. The summed E-state index contributed by atoms with van der Waals surface area (Å²) in [6.07, 6.45) is 3.10. The third-order valence-corrected chi connectivity index (χ3v) is 6.12. The largest absolute Gasteiger partial charge is 0.493 e. The summed E-state index contributed by atoms with van der Waals surface area (Å²) in [6.45, 7) is 7.01. The van der Waals surface area contributed by atoms with Gasteiger partial charge < -0.3 is 14.9 Å². The summed E-state index contributed by atoms with van der Waals surface area (Å²) >= 11 is 0. The third kappa shape index (κ3) is 4.93. The summed E-state index contributed by atoms with van der Waals surface area (Å²) < 4.78 is 1.34. The molecule has 34 heavy (non-hydrogen) atoms. The van der Waals surface area contributed by atoms with Crippen LogP contribution in [0.2, 0.25) is 0 Å². The molecule has 1 amide bonds. The van der Waals surface area contributed by atoms with Gasteiger partial charge in [-0.15, -0.1) is 0 Å². The lowest BCUT2D eigenvalue weighted by Crippen LogP contribution is -2.50. The second-order valence-electron chi connectivity index (χ2n) is 8.78. The molecule has 1 N–H and O–H groups in total. The number of pyridine rings is 1. The molecule has 0 aliphatic carbocycles. The monoisotopic (exact) mass is 459 g/mol. The van der Waals surface area contributed by atoms with Crippen molar-refractivity contribution >= 4 is 5.91 Å². The maximum absolute atomic E-state index is 12.9. The van der Waals surface area contributed by atoms with Crippen LogP contribution in [-0.2, 0) is 0 Å². The molecule has 0 bridgehead atoms. The lowest BCUT2D eigenvalue weighted by atomic mass is 10.0. The number of aromatic hydroxyl groups is 1. The van der Waals surface area contributed by atoms with Crippen LogP contribution >= 0.6 is 0 Å². The molecule has 3 heterocycles. The second-order valence-corrected chi connectivity index (χ2v) is 8.78. The minimum atomic E-state index is -0.0479. The molecule has 2 aromatic heterocycles. The van der Waals surface area contributed by atoms with Gasteiger partial charge in [-0.05, 0) is 56.4 Å². The van der Waals surface area contributed by atoms with E-state index in [1.54, 1.807) is 36.5 Å². The van der Waals surface area contributed by atoms with Crippen molar-refractivity contribution in [2.75, 3.05) is 53.4 Å². The number of nitriles is 1. The molecule has 1 aliphatic heterocycles. The summed E-state index contributed by atoms with van der Waals surface area (Å²) in [7, 11) is 4.13. The minimum Gasteiger partial charge on any atom is -0.493 e. The predicted octanol–water partition coefficient (Wildman–Crippen LogP) is 2.14. The van der Waals surface area contributed by atoms with E-state index in [1.807, 2.05) is 11.8 Å². The Morgan fingerprint density at radius 3 is 2.50 bits per heavy atom. The van der Waals surface area contributed by atoms with Gasteiger partial charge in [0, 0.05) is 45.5 Å². The molecule has 1 fully saturated rings. The van der Waals surface area contributed by atoms with E-state index in [2.05, 4.69) is 40.0 Å². The third-order valence-electron chi connectivity index (χ3n) is 6.12. The minimum absolute atomic E-state index is 0.0371. The van der Waals surface area contributed by atoms with Crippen LogP contribution in [0.1, 0.15) is 21.5 Å². The number of aryl methyl sites for hydroxylation is 1. The fourth-order valence-corrected chi connectivity index (χ4v) is 4.07. The van der Waals surface area contributed by atoms with Gasteiger partial charge in [0.05, 0.1) is 29.0 Å². The van der Waals surface area contributed by atoms with Gasteiger partial charge in [-0.2, -0.15) is 15.0 Å². The number of aromatic nitrogens is 3. The van der Waals surface area contributed by atoms with Crippen LogP contribution in [0.3, 0.4) is 0 Å². The number of piperazine rings is 1. The first-order chi connectivity index (χ1) is 16.4. The number of rotatable bonds is 6. The normalized spacial score (nSPS) is 14.4. The zero-order valence-electron chi connectivity index (χ0n) is 19.8. The molecule has 0 spiro atoms. The fourth-order valence-electron chi connectivity index (χ4n) is 4.07. The molecule has 176 valence electrons. The molecular formula is C25H29N7O2. The van der Waals surface area contributed by atoms with Crippen molar-refractivity contribution < 1.29 is 9.90 Å². The number of amides is 1. The Bertz CT molecular complexity index is 1200. The smallest absolute Gasteiger partial charge is 0.255 e. The van der Waals surface area contributed by atoms with Crippen LogP contribution in [-0.4, -0.2) is 93.8 Å². The highest BCUT2D eigenvalue weighted by atomic mass is 16.3. The van der Waals surface area contributed by atoms with Crippen LogP contribution in [0.15, 0.2) is 42.7 Å². The first-order valence-corrected chi connectivity index (χ1v) is 11.3. The van der Waals surface area contributed by atoms with Crippen LogP contribution < -0.4 is 0 Å². The van der Waals surface area contributed by atoms with Crippen molar-refractivity contribution in [2.45, 2.75) is 6.92 Å². The molecule has 9 heteroatoms. The summed E-state index contributed by atoms with van der Waals surface area (Å²) in [5, 5.41) is 24.1. The van der Waals surface area contributed by atoms with Gasteiger partial charge in [-0.1, -0.05) is 6.07 Å². The summed E-state index contributed by atoms with van der Waals surface area (Å²) in [6, 6.07) is 10.8. The Morgan fingerprint density at radius 1 is 1.12 bits per heavy atom. The van der Waals surface area contributed by atoms with Gasteiger partial charge in [0.25, 0.3) is 5.91 Å². The zero-order valence-corrected chi connectivity index (χ0v) is 19.8. The molecule has 3 aromatic rings. The summed E-state index contributed by atoms with van der Waals surface area (Å²) in [5.41, 5.74) is 3.28. The topological polar surface area (TPSA) is 102 Å². The van der Waals surface area contributed by atoms with Crippen molar-refractivity contribution in [2.24, 2.45) is 0 Å². The van der Waals surface area contributed by atoms with E-state index in [0.717, 1.165) is 37.3 Å². The SMILES string of the molecule is Cc1cc(C#N)ccc1-c1cnn(-c2ccc(C(=O)N3CCN(CCN(C)C)CC3)cn2)c1O. The number of hydrogen-bond donors (Lipinski definition) is 1. The van der Waals surface area contributed by atoms with E-state index in [0.29, 0.717) is 35.6 Å². The molecule has 0 unspecified atom stereocenters. The predicted molar refractivity (Wildman–Crippen MR) is 129 cm³/mol. The molecule has 1 aromatic carbocycles. The molecule has 4 rings (SSSR count). The Hall–Kier alpha value is -3.74. The van der Waals surface area contributed by atoms with Gasteiger partial charge in [0.15, 0.2) is 5.82 Å². The molecule has 0 radical (unpaired) electrons. The Labute approximate surface area is 199 Å². The Kier molecular flexibility index (Phi) is 6.91. The lowest BCUT2D eigenvalue weighted by Gasteiger charge is -2.35. The second kappa shape index (κ2) is 10.0. The van der Waals surface area contributed by atoms with Gasteiger partial charge in [-0.25, -0.2) is 4.98 Å². The van der Waals surface area contributed by atoms with Crippen molar-refractivity contribution in [1.29, 1.82) is 5.26 Å². The number of carbonyl (C=O) groups is 1. The van der Waals surface area contributed by atoms with Crippen LogP contribution in [0.4, 0.5) is 0 Å². The average Bonchev–Trinajstić information content (AvgIpc) is 3.23. The van der Waals surface area contributed by atoms with Gasteiger partial charge in [-0.3, -0.25) is 9.69 Å². The van der Waals surface area contributed by atoms with E-state index >= 15 is 0 Å². The molecule has 1 aliphatic rings. The number of carbonyl (C=O) groups excluding carboxylic acids is 1. The highest BCUT2D eigenvalue weighted by molar-refractivity contribution is 5.94. The van der Waals surface area contributed by atoms with Crippen LogP contribution in [0, 0.1) is 18.3 Å². The number of likely N-dealkylation sites (N-methyl/N-ethyl adjacent to an activating group) is 1. The van der Waals surface area contributed by atoms with Crippen LogP contribution in [0.5, 0.6) is 5.88 Å². The Morgan fingerprint density at radius 2 is 1.88 bits per heavy atom. The maximum atomic E-state index is 12.9. The van der Waals surface area contributed by atoms with Gasteiger partial charge in [0.1, 0.15) is 0 Å². The number of hydrogen-bond acceptors (Lipinski definition) is 7. The average molecular weight is 460 g/mol. The standard InChI is InChI=1S/C25H29N7O2/c1-18-14-19(15-26)4-6-21(18)22-17-28-32(25(22)34)23-7-5-20(16-27-23)24(33)31-12-10-30(11-13-31)9-8-29(2)3/h4-7,14,16-17,34H,8-13H2,1-3H3. The fraction of sp³-hybridized carbons (Fsp3) is 0.360. The highest BCUT2D eigenvalue weighted by Gasteiger charge is 2.23. The van der Waals surface area contributed by atoms with E-state index in [4.69, 9.17) is 5.26 Å². The van der Waals surface area contributed by atoms with Crippen molar-refractivity contribution in [1.82, 2.24) is 29.5 Å². The molecule has 0 atom stereocenters. The van der Waals surface area contributed by atoms with E-state index in [-0.39, 0.29) is 11.8 Å². The molecule has 9 nitrogen and oxygen atoms in total. The van der Waals surface area contributed by atoms with Crippen molar-refractivity contribution in [3.05, 3.63) is 59.4 Å². The Balaban J connectivity index is 1.44. The zero-order chi connectivity index (χ0) is 24.2. The van der Waals surface area contributed by atoms with E-state index in [9.17, 15) is 9.90 Å². The lowest BCUT2D eigenvalue weighted by molar-refractivity contribution is 0.0629. The summed E-state index contributed by atoms with van der Waals surface area (Å²) in [4.78, 5) is 23.7. The van der Waals surface area contributed by atoms with Crippen molar-refractivity contribution in [3.8, 4) is 28.9 Å². The first-order valence-electron chi connectivity index (χ1n) is 11.3. The highest BCUT2D eigenvalue weighted by Crippen LogP contribution is 2.33. The van der Waals surface area contributed by atoms with Crippen molar-refractivity contribution in [3.63, 3.8) is 0 Å². The van der Waals surface area contributed by atoms with Gasteiger partial charge in [0.2, 0.25) is 5.88 Å². The molecular weight excluding hydrogens is 430 g/mol. The maximum Gasteiger partial charge on any atom is 0.255 e. The summed E-state index contributed by atoms with van der Waals surface area (Å²) in [5.74, 6) is 0.332. The quantitative estimate of drug-likeness (QED) is 0.603. The van der Waals surface area contributed by atoms with E-state index in [1.165, 1.54) is 10.9 Å². The molecule has 0 saturated carbocycles. The van der Waals surface area contributed by atoms with E-state index < -0.39 is 0 Å². The first kappa shape index (κ1) is 23.4. The molecule has 1 saturated heterocycles.